The Bertz CT molecular complexity index is 818. The van der Waals surface area contributed by atoms with E-state index in [9.17, 15) is 14.0 Å². The fraction of sp³-hybridized carbons (Fsp3) is 0.333. The second-order valence-electron chi connectivity index (χ2n) is 7.18. The molecule has 5 nitrogen and oxygen atoms in total. The molecule has 0 radical (unpaired) electrons. The maximum atomic E-state index is 13.0. The number of carbonyl (C=O) groups is 2. The number of rotatable bonds is 4. The maximum Gasteiger partial charge on any atom is 0.319 e. The van der Waals surface area contributed by atoms with Crippen molar-refractivity contribution in [1.29, 1.82) is 0 Å². The SMILES string of the molecule is Cc1ccc([C@@H]2CN(C(C)C)C(=O)[C@H]2NC(=O)Nc2ccc(F)cc2)cc1. The van der Waals surface area contributed by atoms with E-state index in [1.165, 1.54) is 24.3 Å². The summed E-state index contributed by atoms with van der Waals surface area (Å²) < 4.78 is 13.0. The van der Waals surface area contributed by atoms with Gasteiger partial charge in [-0.3, -0.25) is 4.79 Å². The predicted octanol–water partition coefficient (Wildman–Crippen LogP) is 3.66. The first kappa shape index (κ1) is 18.9. The van der Waals surface area contributed by atoms with E-state index in [0.717, 1.165) is 11.1 Å². The molecule has 1 heterocycles. The zero-order valence-corrected chi connectivity index (χ0v) is 15.7. The minimum atomic E-state index is -0.643. The van der Waals surface area contributed by atoms with E-state index in [-0.39, 0.29) is 23.7 Å². The van der Waals surface area contributed by atoms with E-state index in [1.54, 1.807) is 4.90 Å². The van der Waals surface area contributed by atoms with Crippen molar-refractivity contribution in [1.82, 2.24) is 10.2 Å². The lowest BCUT2D eigenvalue weighted by atomic mass is 9.93. The van der Waals surface area contributed by atoms with Crippen LogP contribution in [-0.2, 0) is 4.79 Å². The smallest absolute Gasteiger partial charge is 0.319 e. The molecular formula is C21H24FN3O2. The van der Waals surface area contributed by atoms with Gasteiger partial charge in [0, 0.05) is 24.2 Å². The molecule has 0 bridgehead atoms. The van der Waals surface area contributed by atoms with Gasteiger partial charge in [-0.1, -0.05) is 29.8 Å². The van der Waals surface area contributed by atoms with Crippen molar-refractivity contribution in [2.45, 2.75) is 38.8 Å². The van der Waals surface area contributed by atoms with Gasteiger partial charge >= 0.3 is 6.03 Å². The second kappa shape index (κ2) is 7.78. The van der Waals surface area contributed by atoms with Gasteiger partial charge in [-0.2, -0.15) is 0 Å². The average Bonchev–Trinajstić information content (AvgIpc) is 2.94. The van der Waals surface area contributed by atoms with Crippen molar-refractivity contribution in [2.75, 3.05) is 11.9 Å². The summed E-state index contributed by atoms with van der Waals surface area (Å²) in [6.45, 7) is 6.49. The predicted molar refractivity (Wildman–Crippen MR) is 103 cm³/mol. The Morgan fingerprint density at radius 3 is 2.33 bits per heavy atom. The van der Waals surface area contributed by atoms with Crippen LogP contribution in [0.25, 0.3) is 0 Å². The summed E-state index contributed by atoms with van der Waals surface area (Å²) in [4.78, 5) is 27.1. The summed E-state index contributed by atoms with van der Waals surface area (Å²) >= 11 is 0. The zero-order chi connectivity index (χ0) is 19.6. The number of aryl methyl sites for hydroxylation is 1. The Balaban J connectivity index is 1.78. The fourth-order valence-electron chi connectivity index (χ4n) is 3.34. The summed E-state index contributed by atoms with van der Waals surface area (Å²) in [6, 6.07) is 12.4. The molecule has 0 aliphatic carbocycles. The first-order chi connectivity index (χ1) is 12.8. The third-order valence-electron chi connectivity index (χ3n) is 4.86. The van der Waals surface area contributed by atoms with Gasteiger partial charge in [-0.15, -0.1) is 0 Å². The van der Waals surface area contributed by atoms with Crippen LogP contribution in [0.15, 0.2) is 48.5 Å². The molecule has 0 unspecified atom stereocenters. The number of hydrogen-bond acceptors (Lipinski definition) is 2. The van der Waals surface area contributed by atoms with Gasteiger partial charge in [-0.05, 0) is 50.6 Å². The van der Waals surface area contributed by atoms with E-state index in [4.69, 9.17) is 0 Å². The van der Waals surface area contributed by atoms with Crippen molar-refractivity contribution < 1.29 is 14.0 Å². The van der Waals surface area contributed by atoms with Gasteiger partial charge in [-0.25, -0.2) is 9.18 Å². The Hall–Kier alpha value is -2.89. The summed E-state index contributed by atoms with van der Waals surface area (Å²) in [7, 11) is 0. The van der Waals surface area contributed by atoms with Crippen molar-refractivity contribution in [3.8, 4) is 0 Å². The number of urea groups is 1. The van der Waals surface area contributed by atoms with Crippen LogP contribution in [0.2, 0.25) is 0 Å². The number of anilines is 1. The highest BCUT2D eigenvalue weighted by atomic mass is 19.1. The van der Waals surface area contributed by atoms with Crippen LogP contribution in [0.1, 0.15) is 30.9 Å². The van der Waals surface area contributed by atoms with Crippen LogP contribution in [-0.4, -0.2) is 35.5 Å². The highest BCUT2D eigenvalue weighted by Gasteiger charge is 2.42. The molecule has 6 heteroatoms. The number of nitrogens with zero attached hydrogens (tertiary/aromatic N) is 1. The van der Waals surface area contributed by atoms with Gasteiger partial charge in [0.2, 0.25) is 5.91 Å². The minimum absolute atomic E-state index is 0.0532. The van der Waals surface area contributed by atoms with Crippen LogP contribution in [0.5, 0.6) is 0 Å². The maximum absolute atomic E-state index is 13.0. The van der Waals surface area contributed by atoms with Crippen molar-refractivity contribution >= 4 is 17.6 Å². The topological polar surface area (TPSA) is 61.4 Å². The van der Waals surface area contributed by atoms with E-state index >= 15 is 0 Å². The minimum Gasteiger partial charge on any atom is -0.338 e. The number of benzene rings is 2. The molecule has 0 aromatic heterocycles. The normalized spacial score (nSPS) is 19.4. The Labute approximate surface area is 158 Å². The summed E-state index contributed by atoms with van der Waals surface area (Å²) in [6.07, 6.45) is 0. The average molecular weight is 369 g/mol. The number of carbonyl (C=O) groups excluding carboxylic acids is 2. The molecule has 2 aromatic carbocycles. The molecule has 3 rings (SSSR count). The molecular weight excluding hydrogens is 345 g/mol. The molecule has 1 saturated heterocycles. The molecule has 1 aliphatic heterocycles. The third kappa shape index (κ3) is 4.27. The van der Waals surface area contributed by atoms with Crippen molar-refractivity contribution in [2.24, 2.45) is 0 Å². The molecule has 0 spiro atoms. The highest BCUT2D eigenvalue weighted by Crippen LogP contribution is 2.30. The van der Waals surface area contributed by atoms with Crippen molar-refractivity contribution in [3.05, 3.63) is 65.5 Å². The van der Waals surface area contributed by atoms with E-state index < -0.39 is 12.1 Å². The summed E-state index contributed by atoms with van der Waals surface area (Å²) in [5.41, 5.74) is 2.62. The molecule has 2 aromatic rings. The number of halogens is 1. The van der Waals surface area contributed by atoms with E-state index in [2.05, 4.69) is 10.6 Å². The third-order valence-corrected chi connectivity index (χ3v) is 4.86. The van der Waals surface area contributed by atoms with Crippen LogP contribution in [0.4, 0.5) is 14.9 Å². The molecule has 0 saturated carbocycles. The largest absolute Gasteiger partial charge is 0.338 e. The summed E-state index contributed by atoms with van der Waals surface area (Å²) in [5.74, 6) is -0.594. The number of likely N-dealkylation sites (tertiary alicyclic amines) is 1. The zero-order valence-electron chi connectivity index (χ0n) is 15.7. The molecule has 27 heavy (non-hydrogen) atoms. The lowest BCUT2D eigenvalue weighted by Gasteiger charge is -2.21. The van der Waals surface area contributed by atoms with Gasteiger partial charge < -0.3 is 15.5 Å². The molecule has 1 fully saturated rings. The molecule has 3 amide bonds. The highest BCUT2D eigenvalue weighted by molar-refractivity contribution is 5.95. The molecule has 142 valence electrons. The van der Waals surface area contributed by atoms with Crippen LogP contribution in [0, 0.1) is 12.7 Å². The monoisotopic (exact) mass is 369 g/mol. The van der Waals surface area contributed by atoms with Gasteiger partial charge in [0.15, 0.2) is 0 Å². The summed E-state index contributed by atoms with van der Waals surface area (Å²) in [5, 5.41) is 5.46. The van der Waals surface area contributed by atoms with Crippen LogP contribution >= 0.6 is 0 Å². The van der Waals surface area contributed by atoms with Crippen LogP contribution < -0.4 is 10.6 Å². The standard InChI is InChI=1S/C21H24FN3O2/c1-13(2)25-12-18(15-6-4-14(3)5-7-15)19(20(25)26)24-21(27)23-17-10-8-16(22)9-11-17/h4-11,13,18-19H,12H2,1-3H3,(H2,23,24,27)/t18-,19-/m0/s1. The molecule has 1 aliphatic rings. The number of nitrogens with one attached hydrogen (secondary N) is 2. The molecule has 2 N–H and O–H groups in total. The second-order valence-corrected chi connectivity index (χ2v) is 7.18. The van der Waals surface area contributed by atoms with Gasteiger partial charge in [0.05, 0.1) is 0 Å². The Morgan fingerprint density at radius 2 is 1.74 bits per heavy atom. The first-order valence-corrected chi connectivity index (χ1v) is 9.05. The van der Waals surface area contributed by atoms with E-state index in [0.29, 0.717) is 12.2 Å². The lowest BCUT2D eigenvalue weighted by molar-refractivity contribution is -0.130. The Morgan fingerprint density at radius 1 is 1.11 bits per heavy atom. The first-order valence-electron chi connectivity index (χ1n) is 9.05. The van der Waals surface area contributed by atoms with E-state index in [1.807, 2.05) is 45.0 Å². The number of hydrogen-bond donors (Lipinski definition) is 2. The van der Waals surface area contributed by atoms with Crippen molar-refractivity contribution in [3.63, 3.8) is 0 Å². The Kier molecular flexibility index (Phi) is 5.44. The fourth-order valence-corrected chi connectivity index (χ4v) is 3.34. The number of amides is 3. The lowest BCUT2D eigenvalue weighted by Crippen LogP contribution is -2.46. The molecule has 2 atom stereocenters. The quantitative estimate of drug-likeness (QED) is 0.864. The van der Waals surface area contributed by atoms with Gasteiger partial charge in [0.1, 0.15) is 11.9 Å². The van der Waals surface area contributed by atoms with Crippen LogP contribution in [0.3, 0.4) is 0 Å². The van der Waals surface area contributed by atoms with Gasteiger partial charge in [0.25, 0.3) is 0 Å².